The highest BCUT2D eigenvalue weighted by Gasteiger charge is 2.29. The molecule has 0 saturated heterocycles. The number of carbonyl (C=O) groups excluding carboxylic acids is 1. The van der Waals surface area contributed by atoms with Gasteiger partial charge in [-0.05, 0) is 31.9 Å². The van der Waals surface area contributed by atoms with E-state index < -0.39 is 12.0 Å². The first kappa shape index (κ1) is 15.2. The Labute approximate surface area is 113 Å². The number of aliphatic hydroxyl groups excluding tert-OH is 1. The smallest absolute Gasteiger partial charge is 0.311 e. The number of hydrogen-bond donors (Lipinski definition) is 1. The number of esters is 1. The maximum atomic E-state index is 11.8. The van der Waals surface area contributed by atoms with Gasteiger partial charge in [0.25, 0.3) is 0 Å². The highest BCUT2D eigenvalue weighted by Crippen LogP contribution is 2.32. The summed E-state index contributed by atoms with van der Waals surface area (Å²) < 4.78 is 5.04. The SMILES string of the molecule is CCCC(C(=O)OCC)C(O)c1ccc(CC)s1. The summed E-state index contributed by atoms with van der Waals surface area (Å²) in [6, 6.07) is 3.92. The van der Waals surface area contributed by atoms with Crippen LogP contribution in [-0.2, 0) is 16.0 Å². The molecule has 2 atom stereocenters. The van der Waals surface area contributed by atoms with Crippen LogP contribution in [0.2, 0.25) is 0 Å². The molecule has 1 N–H and O–H groups in total. The van der Waals surface area contributed by atoms with E-state index in [-0.39, 0.29) is 5.97 Å². The van der Waals surface area contributed by atoms with Crippen molar-refractivity contribution in [3.8, 4) is 0 Å². The van der Waals surface area contributed by atoms with Crippen molar-refractivity contribution in [1.29, 1.82) is 0 Å². The number of hydrogen-bond acceptors (Lipinski definition) is 4. The summed E-state index contributed by atoms with van der Waals surface area (Å²) in [6.45, 7) is 6.23. The predicted octanol–water partition coefficient (Wildman–Crippen LogP) is 3.32. The Balaban J connectivity index is 2.80. The number of aryl methyl sites for hydroxylation is 1. The Morgan fingerprint density at radius 3 is 2.61 bits per heavy atom. The van der Waals surface area contributed by atoms with E-state index >= 15 is 0 Å². The molecule has 0 aliphatic carbocycles. The standard InChI is InChI=1S/C14H22O3S/c1-4-7-11(14(16)17-6-3)13(15)12-9-8-10(5-2)18-12/h8-9,11,13,15H,4-7H2,1-3H3. The Morgan fingerprint density at radius 1 is 1.39 bits per heavy atom. The summed E-state index contributed by atoms with van der Waals surface area (Å²) in [5.74, 6) is -0.739. The predicted molar refractivity (Wildman–Crippen MR) is 73.7 cm³/mol. The molecule has 0 amide bonds. The van der Waals surface area contributed by atoms with Crippen molar-refractivity contribution >= 4 is 17.3 Å². The molecule has 18 heavy (non-hydrogen) atoms. The lowest BCUT2D eigenvalue weighted by Crippen LogP contribution is -2.24. The van der Waals surface area contributed by atoms with E-state index in [0.29, 0.717) is 13.0 Å². The van der Waals surface area contributed by atoms with E-state index in [1.54, 1.807) is 18.3 Å². The molecule has 0 spiro atoms. The van der Waals surface area contributed by atoms with Gasteiger partial charge < -0.3 is 9.84 Å². The van der Waals surface area contributed by atoms with E-state index in [4.69, 9.17) is 4.74 Å². The highest BCUT2D eigenvalue weighted by atomic mass is 32.1. The first-order chi connectivity index (χ1) is 8.63. The van der Waals surface area contributed by atoms with Gasteiger partial charge in [0.2, 0.25) is 0 Å². The number of carbonyl (C=O) groups is 1. The third kappa shape index (κ3) is 3.82. The zero-order valence-corrected chi connectivity index (χ0v) is 12.1. The van der Waals surface area contributed by atoms with Crippen LogP contribution in [0.3, 0.4) is 0 Å². The molecule has 0 fully saturated rings. The van der Waals surface area contributed by atoms with Crippen LogP contribution in [0, 0.1) is 5.92 Å². The Kier molecular flexibility index (Phi) is 6.36. The van der Waals surface area contributed by atoms with Gasteiger partial charge in [-0.15, -0.1) is 11.3 Å². The minimum absolute atomic E-state index is 0.293. The molecule has 0 aromatic carbocycles. The van der Waals surface area contributed by atoms with Crippen molar-refractivity contribution in [2.24, 2.45) is 5.92 Å². The van der Waals surface area contributed by atoms with Crippen LogP contribution >= 0.6 is 11.3 Å². The lowest BCUT2D eigenvalue weighted by atomic mass is 9.96. The molecule has 1 rings (SSSR count). The van der Waals surface area contributed by atoms with E-state index in [1.807, 2.05) is 19.1 Å². The van der Waals surface area contributed by atoms with Crippen LogP contribution in [0.4, 0.5) is 0 Å². The molecule has 0 aliphatic heterocycles. The third-order valence-electron chi connectivity index (χ3n) is 2.89. The summed E-state index contributed by atoms with van der Waals surface area (Å²) in [5.41, 5.74) is 0. The van der Waals surface area contributed by atoms with Crippen molar-refractivity contribution < 1.29 is 14.6 Å². The largest absolute Gasteiger partial charge is 0.466 e. The van der Waals surface area contributed by atoms with Gasteiger partial charge in [0, 0.05) is 9.75 Å². The van der Waals surface area contributed by atoms with Crippen LogP contribution in [0.25, 0.3) is 0 Å². The molecule has 0 saturated carbocycles. The minimum Gasteiger partial charge on any atom is -0.466 e. The molecule has 2 unspecified atom stereocenters. The van der Waals surface area contributed by atoms with Crippen molar-refractivity contribution in [1.82, 2.24) is 0 Å². The summed E-state index contributed by atoms with van der Waals surface area (Å²) in [5, 5.41) is 10.3. The molecule has 4 heteroatoms. The maximum Gasteiger partial charge on any atom is 0.311 e. The average molecular weight is 270 g/mol. The Hall–Kier alpha value is -0.870. The number of rotatable bonds is 7. The number of ether oxygens (including phenoxy) is 1. The fraction of sp³-hybridized carbons (Fsp3) is 0.643. The molecule has 0 radical (unpaired) electrons. The van der Waals surface area contributed by atoms with Crippen LogP contribution in [0.1, 0.15) is 49.5 Å². The fourth-order valence-electron chi connectivity index (χ4n) is 1.91. The molecule has 3 nitrogen and oxygen atoms in total. The summed E-state index contributed by atoms with van der Waals surface area (Å²) in [7, 11) is 0. The Morgan fingerprint density at radius 2 is 2.11 bits per heavy atom. The molecular weight excluding hydrogens is 248 g/mol. The quantitative estimate of drug-likeness (QED) is 0.773. The molecule has 102 valence electrons. The third-order valence-corrected chi connectivity index (χ3v) is 4.19. The normalized spacial score (nSPS) is 14.2. The zero-order valence-electron chi connectivity index (χ0n) is 11.3. The van der Waals surface area contributed by atoms with Crippen LogP contribution in [0.5, 0.6) is 0 Å². The van der Waals surface area contributed by atoms with Gasteiger partial charge in [-0.1, -0.05) is 20.3 Å². The van der Waals surface area contributed by atoms with Gasteiger partial charge >= 0.3 is 5.97 Å². The molecule has 1 aromatic rings. The van der Waals surface area contributed by atoms with E-state index in [2.05, 4.69) is 6.92 Å². The summed E-state index contributed by atoms with van der Waals surface area (Å²) >= 11 is 1.57. The van der Waals surface area contributed by atoms with Crippen molar-refractivity contribution in [3.05, 3.63) is 21.9 Å². The first-order valence-electron chi connectivity index (χ1n) is 6.57. The van der Waals surface area contributed by atoms with Gasteiger partial charge in [-0.2, -0.15) is 0 Å². The topological polar surface area (TPSA) is 46.5 Å². The Bertz CT molecular complexity index is 373. The van der Waals surface area contributed by atoms with E-state index in [1.165, 1.54) is 4.88 Å². The van der Waals surface area contributed by atoms with E-state index in [0.717, 1.165) is 17.7 Å². The summed E-state index contributed by atoms with van der Waals surface area (Å²) in [4.78, 5) is 13.9. The van der Waals surface area contributed by atoms with Gasteiger partial charge in [0.1, 0.15) is 6.10 Å². The number of thiophene rings is 1. The molecule has 1 aromatic heterocycles. The lowest BCUT2D eigenvalue weighted by Gasteiger charge is -2.19. The van der Waals surface area contributed by atoms with Crippen LogP contribution in [-0.4, -0.2) is 17.7 Å². The monoisotopic (exact) mass is 270 g/mol. The maximum absolute atomic E-state index is 11.8. The molecule has 0 bridgehead atoms. The molecule has 0 aliphatic rings. The second kappa shape index (κ2) is 7.54. The molecule has 1 heterocycles. The second-order valence-corrected chi connectivity index (χ2v) is 5.45. The minimum atomic E-state index is -0.741. The number of aliphatic hydroxyl groups is 1. The average Bonchev–Trinajstić information content (AvgIpc) is 2.84. The fourth-order valence-corrected chi connectivity index (χ4v) is 2.91. The van der Waals surface area contributed by atoms with Crippen molar-refractivity contribution in [3.63, 3.8) is 0 Å². The van der Waals surface area contributed by atoms with Gasteiger partial charge in [0.15, 0.2) is 0 Å². The molecular formula is C14H22O3S. The van der Waals surface area contributed by atoms with Gasteiger partial charge in [-0.25, -0.2) is 0 Å². The van der Waals surface area contributed by atoms with Gasteiger partial charge in [-0.3, -0.25) is 4.79 Å². The van der Waals surface area contributed by atoms with Crippen molar-refractivity contribution in [2.75, 3.05) is 6.61 Å². The van der Waals surface area contributed by atoms with Gasteiger partial charge in [0.05, 0.1) is 12.5 Å². The highest BCUT2D eigenvalue weighted by molar-refractivity contribution is 7.12. The second-order valence-electron chi connectivity index (χ2n) is 4.25. The van der Waals surface area contributed by atoms with Crippen LogP contribution < -0.4 is 0 Å². The zero-order chi connectivity index (χ0) is 13.5. The summed E-state index contributed by atoms with van der Waals surface area (Å²) in [6.07, 6.45) is 1.72. The van der Waals surface area contributed by atoms with Crippen molar-refractivity contribution in [2.45, 2.75) is 46.1 Å². The van der Waals surface area contributed by atoms with E-state index in [9.17, 15) is 9.90 Å². The first-order valence-corrected chi connectivity index (χ1v) is 7.38. The van der Waals surface area contributed by atoms with Crippen LogP contribution in [0.15, 0.2) is 12.1 Å². The lowest BCUT2D eigenvalue weighted by molar-refractivity contribution is -0.152.